The first-order chi connectivity index (χ1) is 9.04. The van der Waals surface area contributed by atoms with Gasteiger partial charge in [0.05, 0.1) is 5.69 Å². The first-order valence-electron chi connectivity index (χ1n) is 6.43. The van der Waals surface area contributed by atoms with E-state index < -0.39 is 0 Å². The van der Waals surface area contributed by atoms with Crippen molar-refractivity contribution < 1.29 is 4.79 Å². The van der Waals surface area contributed by atoms with Crippen LogP contribution in [0.4, 0.5) is 5.69 Å². The van der Waals surface area contributed by atoms with E-state index in [9.17, 15) is 4.79 Å². The van der Waals surface area contributed by atoms with Crippen LogP contribution in [0.15, 0.2) is 22.7 Å². The molecule has 0 saturated carbocycles. The molecule has 0 fully saturated rings. The molecule has 1 rings (SSSR count). The third-order valence-corrected chi connectivity index (χ3v) is 3.49. The van der Waals surface area contributed by atoms with E-state index in [0.717, 1.165) is 17.3 Å². The van der Waals surface area contributed by atoms with Gasteiger partial charge in [0.2, 0.25) is 5.91 Å². The minimum atomic E-state index is 0.00621. The van der Waals surface area contributed by atoms with Crippen LogP contribution in [-0.4, -0.2) is 10.9 Å². The molecule has 3 N–H and O–H groups in total. The summed E-state index contributed by atoms with van der Waals surface area (Å²) < 4.78 is 0.883. The number of amides is 1. The Morgan fingerprint density at radius 3 is 2.74 bits per heavy atom. The molecular formula is C14H19BrN2OS. The van der Waals surface area contributed by atoms with Crippen molar-refractivity contribution in [3.63, 3.8) is 0 Å². The highest BCUT2D eigenvalue weighted by molar-refractivity contribution is 9.10. The molecule has 0 aliphatic carbocycles. The van der Waals surface area contributed by atoms with Gasteiger partial charge in [-0.15, -0.1) is 0 Å². The van der Waals surface area contributed by atoms with Gasteiger partial charge >= 0.3 is 0 Å². The van der Waals surface area contributed by atoms with Gasteiger partial charge in [-0.2, -0.15) is 0 Å². The van der Waals surface area contributed by atoms with Crippen molar-refractivity contribution in [2.45, 2.75) is 39.0 Å². The Balaban J connectivity index is 2.62. The van der Waals surface area contributed by atoms with E-state index in [0.29, 0.717) is 17.7 Å². The molecule has 3 nitrogen and oxygen atoms in total. The fourth-order valence-corrected chi connectivity index (χ4v) is 2.30. The van der Waals surface area contributed by atoms with E-state index >= 15 is 0 Å². The molecular weight excluding hydrogens is 324 g/mol. The molecule has 0 radical (unpaired) electrons. The Hall–Kier alpha value is -0.940. The lowest BCUT2D eigenvalue weighted by Crippen LogP contribution is -2.17. The Morgan fingerprint density at radius 1 is 1.37 bits per heavy atom. The van der Waals surface area contributed by atoms with Crippen molar-refractivity contribution in [3.8, 4) is 0 Å². The van der Waals surface area contributed by atoms with Gasteiger partial charge in [-0.25, -0.2) is 0 Å². The summed E-state index contributed by atoms with van der Waals surface area (Å²) in [4.78, 5) is 12.1. The van der Waals surface area contributed by atoms with E-state index in [1.807, 2.05) is 12.1 Å². The number of unbranched alkanes of at least 4 members (excludes halogenated alkanes) is 3. The number of hydrogen-bond donors (Lipinski definition) is 2. The smallest absolute Gasteiger partial charge is 0.224 e. The predicted molar refractivity (Wildman–Crippen MR) is 87.4 cm³/mol. The number of hydrogen-bond acceptors (Lipinski definition) is 2. The maximum atomic E-state index is 11.9. The molecule has 0 aliphatic rings. The van der Waals surface area contributed by atoms with Gasteiger partial charge < -0.3 is 11.1 Å². The van der Waals surface area contributed by atoms with Crippen LogP contribution in [0.25, 0.3) is 0 Å². The molecule has 0 aromatic heterocycles. The van der Waals surface area contributed by atoms with Crippen LogP contribution >= 0.6 is 28.1 Å². The normalized spacial score (nSPS) is 10.2. The summed E-state index contributed by atoms with van der Waals surface area (Å²) in [6.45, 7) is 2.15. The molecule has 5 heteroatoms. The third-order valence-electron chi connectivity index (χ3n) is 2.78. The van der Waals surface area contributed by atoms with Crippen molar-refractivity contribution in [2.75, 3.05) is 5.32 Å². The van der Waals surface area contributed by atoms with Crippen LogP contribution in [0.1, 0.15) is 44.6 Å². The maximum Gasteiger partial charge on any atom is 0.224 e. The SMILES string of the molecule is CCCCCCC(=O)Nc1cc(Br)ccc1C(N)=S. The number of carbonyl (C=O) groups excluding carboxylic acids is 1. The van der Waals surface area contributed by atoms with Crippen molar-refractivity contribution in [2.24, 2.45) is 5.73 Å². The highest BCUT2D eigenvalue weighted by atomic mass is 79.9. The van der Waals surface area contributed by atoms with Gasteiger partial charge in [0.1, 0.15) is 4.99 Å². The van der Waals surface area contributed by atoms with Crippen LogP contribution in [-0.2, 0) is 4.79 Å². The molecule has 0 unspecified atom stereocenters. The third kappa shape index (κ3) is 5.70. The van der Waals surface area contributed by atoms with E-state index in [2.05, 4.69) is 28.2 Å². The molecule has 1 aromatic rings. The molecule has 1 amide bonds. The molecule has 0 aliphatic heterocycles. The van der Waals surface area contributed by atoms with Crippen LogP contribution in [0.3, 0.4) is 0 Å². The number of rotatable bonds is 7. The van der Waals surface area contributed by atoms with Gasteiger partial charge in [0, 0.05) is 16.5 Å². The number of nitrogens with one attached hydrogen (secondary N) is 1. The second-order valence-electron chi connectivity index (χ2n) is 4.41. The van der Waals surface area contributed by atoms with Crippen LogP contribution in [0.5, 0.6) is 0 Å². The summed E-state index contributed by atoms with van der Waals surface area (Å²) >= 11 is 8.35. The number of halogens is 1. The molecule has 0 saturated heterocycles. The summed E-state index contributed by atoms with van der Waals surface area (Å²) in [6.07, 6.45) is 4.87. The number of thiocarbonyl (C=S) groups is 1. The van der Waals surface area contributed by atoms with Gasteiger partial charge in [-0.1, -0.05) is 54.3 Å². The van der Waals surface area contributed by atoms with Gasteiger partial charge in [0.25, 0.3) is 0 Å². The Morgan fingerprint density at radius 2 is 2.11 bits per heavy atom. The Labute approximate surface area is 128 Å². The standard InChI is InChI=1S/C14H19BrN2OS/c1-2-3-4-5-6-13(18)17-12-9-10(15)7-8-11(12)14(16)19/h7-9H,2-6H2,1H3,(H2,16,19)(H,17,18). The fourth-order valence-electron chi connectivity index (χ4n) is 1.76. The van der Waals surface area contributed by atoms with E-state index in [1.54, 1.807) is 6.07 Å². The fraction of sp³-hybridized carbons (Fsp3) is 0.429. The topological polar surface area (TPSA) is 55.1 Å². The van der Waals surface area contributed by atoms with E-state index in [4.69, 9.17) is 18.0 Å². The molecule has 0 spiro atoms. The predicted octanol–water partition coefficient (Wildman–Crippen LogP) is 3.99. The summed E-state index contributed by atoms with van der Waals surface area (Å²) in [5, 5.41) is 2.87. The lowest BCUT2D eigenvalue weighted by atomic mass is 10.1. The number of benzene rings is 1. The molecule has 19 heavy (non-hydrogen) atoms. The number of nitrogens with two attached hydrogens (primary N) is 1. The quantitative estimate of drug-likeness (QED) is 0.581. The van der Waals surface area contributed by atoms with E-state index in [1.165, 1.54) is 12.8 Å². The van der Waals surface area contributed by atoms with Crippen molar-refractivity contribution in [1.82, 2.24) is 0 Å². The maximum absolute atomic E-state index is 11.9. The zero-order valence-electron chi connectivity index (χ0n) is 11.0. The van der Waals surface area contributed by atoms with Crippen molar-refractivity contribution in [1.29, 1.82) is 0 Å². The zero-order valence-corrected chi connectivity index (χ0v) is 13.4. The highest BCUT2D eigenvalue weighted by Crippen LogP contribution is 2.22. The molecule has 1 aromatic carbocycles. The average molecular weight is 343 g/mol. The van der Waals surface area contributed by atoms with Crippen LogP contribution in [0.2, 0.25) is 0 Å². The molecule has 0 atom stereocenters. The summed E-state index contributed by atoms with van der Waals surface area (Å²) in [5.74, 6) is 0.00621. The number of carbonyl (C=O) groups is 1. The second kappa shape index (κ2) is 8.27. The largest absolute Gasteiger partial charge is 0.389 e. The summed E-state index contributed by atoms with van der Waals surface area (Å²) in [6, 6.07) is 5.48. The highest BCUT2D eigenvalue weighted by Gasteiger charge is 2.09. The van der Waals surface area contributed by atoms with Crippen LogP contribution in [0, 0.1) is 0 Å². The van der Waals surface area contributed by atoms with Crippen molar-refractivity contribution in [3.05, 3.63) is 28.2 Å². The monoisotopic (exact) mass is 342 g/mol. The number of anilines is 1. The lowest BCUT2D eigenvalue weighted by Gasteiger charge is -2.10. The Kier molecular flexibility index (Phi) is 7.02. The lowest BCUT2D eigenvalue weighted by molar-refractivity contribution is -0.116. The van der Waals surface area contributed by atoms with Gasteiger partial charge in [0.15, 0.2) is 0 Å². The minimum Gasteiger partial charge on any atom is -0.389 e. The molecule has 104 valence electrons. The molecule has 0 bridgehead atoms. The Bertz CT molecular complexity index is 463. The minimum absolute atomic E-state index is 0.00621. The second-order valence-corrected chi connectivity index (χ2v) is 5.77. The first kappa shape index (κ1) is 16.1. The summed E-state index contributed by atoms with van der Waals surface area (Å²) in [7, 11) is 0. The van der Waals surface area contributed by atoms with Crippen molar-refractivity contribution >= 4 is 44.7 Å². The average Bonchev–Trinajstić information content (AvgIpc) is 2.34. The molecule has 0 heterocycles. The van der Waals surface area contributed by atoms with Gasteiger partial charge in [-0.05, 0) is 24.6 Å². The van der Waals surface area contributed by atoms with Gasteiger partial charge in [-0.3, -0.25) is 4.79 Å². The zero-order chi connectivity index (χ0) is 14.3. The first-order valence-corrected chi connectivity index (χ1v) is 7.64. The van der Waals surface area contributed by atoms with Crippen LogP contribution < -0.4 is 11.1 Å². The summed E-state index contributed by atoms with van der Waals surface area (Å²) in [5.41, 5.74) is 7.01. The van der Waals surface area contributed by atoms with E-state index in [-0.39, 0.29) is 10.9 Å².